The lowest BCUT2D eigenvalue weighted by Gasteiger charge is -2.14. The van der Waals surface area contributed by atoms with Gasteiger partial charge < -0.3 is 4.90 Å². The number of likely N-dealkylation sites (tertiary alicyclic amines) is 1. The van der Waals surface area contributed by atoms with Crippen molar-refractivity contribution in [3.8, 4) is 0 Å². The summed E-state index contributed by atoms with van der Waals surface area (Å²) >= 11 is 0. The number of aromatic nitrogens is 3. The Kier molecular flexibility index (Phi) is 2.00. The molecule has 1 aromatic rings. The van der Waals surface area contributed by atoms with E-state index in [0.29, 0.717) is 12.4 Å². The lowest BCUT2D eigenvalue weighted by atomic mass is 10.4. The van der Waals surface area contributed by atoms with Gasteiger partial charge in [0.15, 0.2) is 5.82 Å². The summed E-state index contributed by atoms with van der Waals surface area (Å²) in [4.78, 5) is 6.15. The van der Waals surface area contributed by atoms with Gasteiger partial charge in [0, 0.05) is 20.0 Å². The van der Waals surface area contributed by atoms with Gasteiger partial charge in [0.1, 0.15) is 6.33 Å². The first-order chi connectivity index (χ1) is 6.25. The maximum absolute atomic E-state index is 7.63. The first kappa shape index (κ1) is 8.22. The van der Waals surface area contributed by atoms with Gasteiger partial charge in [0.25, 0.3) is 0 Å². The maximum Gasteiger partial charge on any atom is 0.169 e. The van der Waals surface area contributed by atoms with Crippen molar-refractivity contribution in [1.29, 1.82) is 5.41 Å². The third kappa shape index (κ3) is 1.68. The minimum absolute atomic E-state index is 0.680. The maximum atomic E-state index is 7.63. The zero-order valence-corrected chi connectivity index (χ0v) is 7.69. The van der Waals surface area contributed by atoms with Crippen LogP contribution in [0.1, 0.15) is 18.7 Å². The Morgan fingerprint density at radius 2 is 2.46 bits per heavy atom. The van der Waals surface area contributed by atoms with Crippen LogP contribution in [0.25, 0.3) is 0 Å². The SMILES string of the molecule is Cn1cnc(CN2CCCC2=N)n1. The summed E-state index contributed by atoms with van der Waals surface area (Å²) in [6.45, 7) is 1.65. The fourth-order valence-corrected chi connectivity index (χ4v) is 1.53. The molecule has 1 fully saturated rings. The van der Waals surface area contributed by atoms with Crippen LogP contribution in [0.2, 0.25) is 0 Å². The molecule has 1 N–H and O–H groups in total. The highest BCUT2D eigenvalue weighted by atomic mass is 15.3. The highest BCUT2D eigenvalue weighted by molar-refractivity contribution is 5.80. The molecule has 5 heteroatoms. The lowest BCUT2D eigenvalue weighted by molar-refractivity contribution is 0.431. The van der Waals surface area contributed by atoms with E-state index >= 15 is 0 Å². The predicted octanol–water partition coefficient (Wildman–Crippen LogP) is 0.388. The van der Waals surface area contributed by atoms with Gasteiger partial charge in [-0.3, -0.25) is 10.1 Å². The molecular formula is C8H13N5. The van der Waals surface area contributed by atoms with Crippen molar-refractivity contribution in [2.24, 2.45) is 7.05 Å². The van der Waals surface area contributed by atoms with Crippen molar-refractivity contribution in [3.05, 3.63) is 12.2 Å². The summed E-state index contributed by atoms with van der Waals surface area (Å²) in [7, 11) is 1.85. The molecule has 0 atom stereocenters. The highest BCUT2D eigenvalue weighted by Crippen LogP contribution is 2.11. The zero-order valence-electron chi connectivity index (χ0n) is 7.69. The third-order valence-electron chi connectivity index (χ3n) is 2.20. The van der Waals surface area contributed by atoms with Crippen molar-refractivity contribution in [1.82, 2.24) is 19.7 Å². The van der Waals surface area contributed by atoms with Crippen molar-refractivity contribution in [2.75, 3.05) is 6.54 Å². The topological polar surface area (TPSA) is 57.8 Å². The third-order valence-corrected chi connectivity index (χ3v) is 2.20. The van der Waals surface area contributed by atoms with Crippen molar-refractivity contribution < 1.29 is 0 Å². The Labute approximate surface area is 76.9 Å². The summed E-state index contributed by atoms with van der Waals surface area (Å²) in [6.07, 6.45) is 3.67. The van der Waals surface area contributed by atoms with Gasteiger partial charge in [-0.15, -0.1) is 0 Å². The molecule has 2 rings (SSSR count). The molecule has 0 radical (unpaired) electrons. The fourth-order valence-electron chi connectivity index (χ4n) is 1.53. The van der Waals surface area contributed by atoms with Crippen LogP contribution in [0.4, 0.5) is 0 Å². The van der Waals surface area contributed by atoms with E-state index in [0.717, 1.165) is 25.2 Å². The molecule has 1 aliphatic heterocycles. The number of aryl methyl sites for hydroxylation is 1. The molecule has 1 aliphatic rings. The second kappa shape index (κ2) is 3.16. The van der Waals surface area contributed by atoms with Crippen LogP contribution < -0.4 is 0 Å². The van der Waals surface area contributed by atoms with Gasteiger partial charge in [-0.1, -0.05) is 0 Å². The van der Waals surface area contributed by atoms with Crippen LogP contribution in [-0.4, -0.2) is 32.0 Å². The number of nitrogens with zero attached hydrogens (tertiary/aromatic N) is 4. The van der Waals surface area contributed by atoms with Gasteiger partial charge in [0.2, 0.25) is 0 Å². The van der Waals surface area contributed by atoms with Crippen molar-refractivity contribution in [2.45, 2.75) is 19.4 Å². The van der Waals surface area contributed by atoms with E-state index in [4.69, 9.17) is 5.41 Å². The van der Waals surface area contributed by atoms with Crippen LogP contribution in [0.15, 0.2) is 6.33 Å². The summed E-state index contributed by atoms with van der Waals surface area (Å²) < 4.78 is 1.69. The quantitative estimate of drug-likeness (QED) is 0.714. The summed E-state index contributed by atoms with van der Waals surface area (Å²) in [5.74, 6) is 1.52. The van der Waals surface area contributed by atoms with Crippen LogP contribution in [0.3, 0.4) is 0 Å². The van der Waals surface area contributed by atoms with E-state index in [-0.39, 0.29) is 0 Å². The predicted molar refractivity (Wildman–Crippen MR) is 48.4 cm³/mol. The number of hydrogen-bond acceptors (Lipinski definition) is 3. The number of hydrogen-bond donors (Lipinski definition) is 1. The van der Waals surface area contributed by atoms with Gasteiger partial charge >= 0.3 is 0 Å². The van der Waals surface area contributed by atoms with Crippen LogP contribution >= 0.6 is 0 Å². The minimum Gasteiger partial charge on any atom is -0.353 e. The van der Waals surface area contributed by atoms with E-state index in [2.05, 4.69) is 10.1 Å². The fraction of sp³-hybridized carbons (Fsp3) is 0.625. The average Bonchev–Trinajstić information content (AvgIpc) is 2.64. The molecule has 2 heterocycles. The number of amidine groups is 1. The van der Waals surface area contributed by atoms with E-state index < -0.39 is 0 Å². The Morgan fingerprint density at radius 1 is 1.62 bits per heavy atom. The van der Waals surface area contributed by atoms with Crippen molar-refractivity contribution in [3.63, 3.8) is 0 Å². The lowest BCUT2D eigenvalue weighted by Crippen LogP contribution is -2.24. The van der Waals surface area contributed by atoms with Gasteiger partial charge in [-0.2, -0.15) is 5.10 Å². The number of rotatable bonds is 2. The molecule has 5 nitrogen and oxygen atoms in total. The largest absolute Gasteiger partial charge is 0.353 e. The van der Waals surface area contributed by atoms with Gasteiger partial charge in [-0.25, -0.2) is 4.98 Å². The first-order valence-corrected chi connectivity index (χ1v) is 4.42. The first-order valence-electron chi connectivity index (χ1n) is 4.42. The van der Waals surface area contributed by atoms with Crippen LogP contribution in [-0.2, 0) is 13.6 Å². The molecule has 0 spiro atoms. The van der Waals surface area contributed by atoms with Gasteiger partial charge in [0.05, 0.1) is 12.4 Å². The smallest absolute Gasteiger partial charge is 0.169 e. The molecule has 0 bridgehead atoms. The van der Waals surface area contributed by atoms with E-state index in [9.17, 15) is 0 Å². The van der Waals surface area contributed by atoms with Crippen LogP contribution in [0.5, 0.6) is 0 Å². The Hall–Kier alpha value is -1.39. The van der Waals surface area contributed by atoms with E-state index in [1.165, 1.54) is 0 Å². The second-order valence-corrected chi connectivity index (χ2v) is 3.31. The molecular weight excluding hydrogens is 166 g/mol. The standard InChI is InChI=1S/C8H13N5/c1-12-6-10-8(11-12)5-13-4-2-3-7(13)9/h6,9H,2-5H2,1H3. The summed E-state index contributed by atoms with van der Waals surface area (Å²) in [5, 5.41) is 11.8. The van der Waals surface area contributed by atoms with E-state index in [1.807, 2.05) is 11.9 Å². The highest BCUT2D eigenvalue weighted by Gasteiger charge is 2.17. The second-order valence-electron chi connectivity index (χ2n) is 3.31. The summed E-state index contributed by atoms with van der Waals surface area (Å²) in [5.41, 5.74) is 0. The molecule has 0 aliphatic carbocycles. The Balaban J connectivity index is 2.01. The molecule has 1 aromatic heterocycles. The Morgan fingerprint density at radius 3 is 3.00 bits per heavy atom. The van der Waals surface area contributed by atoms with E-state index in [1.54, 1.807) is 11.0 Å². The monoisotopic (exact) mass is 179 g/mol. The molecule has 13 heavy (non-hydrogen) atoms. The molecule has 70 valence electrons. The van der Waals surface area contributed by atoms with Crippen molar-refractivity contribution >= 4 is 5.84 Å². The zero-order chi connectivity index (χ0) is 9.26. The molecule has 0 amide bonds. The molecule has 0 aromatic carbocycles. The molecule has 0 unspecified atom stereocenters. The molecule has 0 saturated carbocycles. The minimum atomic E-state index is 0.680. The Bertz CT molecular complexity index is 316. The van der Waals surface area contributed by atoms with Crippen LogP contribution in [0, 0.1) is 5.41 Å². The molecule has 1 saturated heterocycles. The average molecular weight is 179 g/mol. The summed E-state index contributed by atoms with van der Waals surface area (Å²) in [6, 6.07) is 0. The number of nitrogens with one attached hydrogen (secondary N) is 1. The normalized spacial score (nSPS) is 17.0. The van der Waals surface area contributed by atoms with Gasteiger partial charge in [-0.05, 0) is 6.42 Å².